The number of nitrogens with zero attached hydrogens (tertiary/aromatic N) is 2. The number of aliphatic hydroxyl groups is 1. The molecule has 6 heteroatoms. The summed E-state index contributed by atoms with van der Waals surface area (Å²) >= 11 is 4.99. The molecule has 96 valence electrons. The minimum Gasteiger partial charge on any atom is -0.395 e. The maximum Gasteiger partial charge on any atom is 0.235 e. The zero-order chi connectivity index (χ0) is 12.5. The Hall–Kier alpha value is -0.720. The third-order valence-corrected chi connectivity index (χ3v) is 4.10. The second kappa shape index (κ2) is 4.88. The summed E-state index contributed by atoms with van der Waals surface area (Å²) in [6, 6.07) is 0. The van der Waals surface area contributed by atoms with E-state index in [1.807, 2.05) is 4.90 Å². The number of rotatable bonds is 4. The van der Waals surface area contributed by atoms with Crippen LogP contribution in [0.3, 0.4) is 0 Å². The molecule has 2 fully saturated rings. The molecule has 0 radical (unpaired) electrons. The molecule has 0 aromatic heterocycles. The van der Waals surface area contributed by atoms with E-state index in [9.17, 15) is 4.79 Å². The Kier molecular flexibility index (Phi) is 3.65. The van der Waals surface area contributed by atoms with Gasteiger partial charge < -0.3 is 15.7 Å². The third-order valence-electron chi connectivity index (χ3n) is 3.71. The second-order valence-electron chi connectivity index (χ2n) is 4.80. The number of β-amino-alcohol motifs (C(OH)–C–C–N with tert-alkyl or cyclic N) is 1. The summed E-state index contributed by atoms with van der Waals surface area (Å²) in [6.07, 6.45) is 1.61. The fraction of sp³-hybridized carbons (Fsp3) is 0.818. The molecule has 0 spiro atoms. The van der Waals surface area contributed by atoms with Crippen LogP contribution >= 0.6 is 12.2 Å². The summed E-state index contributed by atoms with van der Waals surface area (Å²) in [5.74, 6) is 0.105. The van der Waals surface area contributed by atoms with Crippen molar-refractivity contribution in [1.29, 1.82) is 0 Å². The van der Waals surface area contributed by atoms with Crippen molar-refractivity contribution in [2.75, 3.05) is 39.3 Å². The second-order valence-corrected chi connectivity index (χ2v) is 5.24. The number of amides is 1. The average Bonchev–Trinajstić information content (AvgIpc) is 3.11. The van der Waals surface area contributed by atoms with Crippen molar-refractivity contribution >= 4 is 23.1 Å². The molecule has 1 aliphatic heterocycles. The van der Waals surface area contributed by atoms with Crippen LogP contribution in [-0.2, 0) is 4.79 Å². The van der Waals surface area contributed by atoms with Crippen molar-refractivity contribution in [2.24, 2.45) is 11.1 Å². The van der Waals surface area contributed by atoms with E-state index in [1.165, 1.54) is 0 Å². The van der Waals surface area contributed by atoms with Crippen LogP contribution in [0.5, 0.6) is 0 Å². The summed E-state index contributed by atoms with van der Waals surface area (Å²) < 4.78 is 0. The fourth-order valence-corrected chi connectivity index (χ4v) is 2.60. The molecule has 1 saturated heterocycles. The normalized spacial score (nSPS) is 23.5. The zero-order valence-electron chi connectivity index (χ0n) is 9.89. The van der Waals surface area contributed by atoms with Gasteiger partial charge in [-0.3, -0.25) is 9.69 Å². The van der Waals surface area contributed by atoms with E-state index in [0.717, 1.165) is 25.9 Å². The van der Waals surface area contributed by atoms with Crippen LogP contribution in [-0.4, -0.2) is 65.1 Å². The van der Waals surface area contributed by atoms with Crippen molar-refractivity contribution < 1.29 is 9.90 Å². The first kappa shape index (κ1) is 12.7. The Labute approximate surface area is 107 Å². The first-order valence-corrected chi connectivity index (χ1v) is 6.43. The number of hydrogen-bond acceptors (Lipinski definition) is 4. The average molecular weight is 257 g/mol. The van der Waals surface area contributed by atoms with Crippen molar-refractivity contribution in [1.82, 2.24) is 9.80 Å². The summed E-state index contributed by atoms with van der Waals surface area (Å²) in [6.45, 7) is 3.92. The van der Waals surface area contributed by atoms with E-state index in [4.69, 9.17) is 23.1 Å². The van der Waals surface area contributed by atoms with Gasteiger partial charge >= 0.3 is 0 Å². The molecule has 1 heterocycles. The quantitative estimate of drug-likeness (QED) is 0.645. The van der Waals surface area contributed by atoms with Gasteiger partial charge in [0.15, 0.2) is 0 Å². The molecule has 17 heavy (non-hydrogen) atoms. The molecular formula is C11H19N3O2S. The number of piperazine rings is 1. The van der Waals surface area contributed by atoms with Crippen molar-refractivity contribution in [3.05, 3.63) is 0 Å². The minimum atomic E-state index is -0.519. The van der Waals surface area contributed by atoms with Gasteiger partial charge in [-0.25, -0.2) is 0 Å². The molecule has 0 unspecified atom stereocenters. The van der Waals surface area contributed by atoms with Gasteiger partial charge in [0.2, 0.25) is 5.91 Å². The van der Waals surface area contributed by atoms with Gasteiger partial charge in [0.1, 0.15) is 0 Å². The van der Waals surface area contributed by atoms with Gasteiger partial charge in [0.25, 0.3) is 0 Å². The van der Waals surface area contributed by atoms with Crippen LogP contribution in [0.4, 0.5) is 0 Å². The maximum atomic E-state index is 12.3. The van der Waals surface area contributed by atoms with Gasteiger partial charge in [-0.2, -0.15) is 0 Å². The van der Waals surface area contributed by atoms with E-state index in [2.05, 4.69) is 4.90 Å². The van der Waals surface area contributed by atoms with Gasteiger partial charge in [-0.1, -0.05) is 12.2 Å². The van der Waals surface area contributed by atoms with Gasteiger partial charge in [0, 0.05) is 32.7 Å². The smallest absolute Gasteiger partial charge is 0.235 e. The summed E-state index contributed by atoms with van der Waals surface area (Å²) in [7, 11) is 0. The molecule has 0 bridgehead atoms. The first-order chi connectivity index (χ1) is 8.10. The van der Waals surface area contributed by atoms with E-state index >= 15 is 0 Å². The highest BCUT2D eigenvalue weighted by Gasteiger charge is 2.54. The lowest BCUT2D eigenvalue weighted by atomic mass is 10.1. The van der Waals surface area contributed by atoms with Crippen LogP contribution in [0.15, 0.2) is 0 Å². The van der Waals surface area contributed by atoms with Crippen LogP contribution in [0, 0.1) is 5.41 Å². The Morgan fingerprint density at radius 2 is 1.88 bits per heavy atom. The molecule has 0 atom stereocenters. The molecule has 3 N–H and O–H groups in total. The SMILES string of the molecule is NC(=S)C1(C(=O)N2CCN(CCO)CC2)CC1. The van der Waals surface area contributed by atoms with Crippen LogP contribution in [0.2, 0.25) is 0 Å². The largest absolute Gasteiger partial charge is 0.395 e. The molecule has 1 saturated carbocycles. The van der Waals surface area contributed by atoms with Gasteiger partial charge in [-0.15, -0.1) is 0 Å². The highest BCUT2D eigenvalue weighted by atomic mass is 32.1. The number of hydrogen-bond donors (Lipinski definition) is 2. The topological polar surface area (TPSA) is 69.8 Å². The van der Waals surface area contributed by atoms with E-state index in [0.29, 0.717) is 24.6 Å². The lowest BCUT2D eigenvalue weighted by Crippen LogP contribution is -2.52. The summed E-state index contributed by atoms with van der Waals surface area (Å²) in [5, 5.41) is 8.85. The summed E-state index contributed by atoms with van der Waals surface area (Å²) in [4.78, 5) is 16.6. The Morgan fingerprint density at radius 1 is 1.29 bits per heavy atom. The minimum absolute atomic E-state index is 0.105. The zero-order valence-corrected chi connectivity index (χ0v) is 10.7. The lowest BCUT2D eigenvalue weighted by Gasteiger charge is -2.36. The molecule has 1 aliphatic carbocycles. The molecule has 1 amide bonds. The van der Waals surface area contributed by atoms with Crippen LogP contribution in [0.1, 0.15) is 12.8 Å². The predicted molar refractivity (Wildman–Crippen MR) is 68.6 cm³/mol. The monoisotopic (exact) mass is 257 g/mol. The fourth-order valence-electron chi connectivity index (χ4n) is 2.31. The van der Waals surface area contributed by atoms with Crippen molar-refractivity contribution in [2.45, 2.75) is 12.8 Å². The Bertz CT molecular complexity index is 323. The summed E-state index contributed by atoms with van der Waals surface area (Å²) in [5.41, 5.74) is 5.14. The Balaban J connectivity index is 1.89. The van der Waals surface area contributed by atoms with Crippen molar-refractivity contribution in [3.63, 3.8) is 0 Å². The van der Waals surface area contributed by atoms with Crippen LogP contribution in [0.25, 0.3) is 0 Å². The molecule has 2 aliphatic rings. The van der Waals surface area contributed by atoms with Crippen molar-refractivity contribution in [3.8, 4) is 0 Å². The van der Waals surface area contributed by atoms with Gasteiger partial charge in [-0.05, 0) is 12.8 Å². The highest BCUT2D eigenvalue weighted by Crippen LogP contribution is 2.47. The van der Waals surface area contributed by atoms with E-state index in [1.54, 1.807) is 0 Å². The standard InChI is InChI=1S/C11H19N3O2S/c12-9(17)11(1-2-11)10(16)14-5-3-13(4-6-14)7-8-15/h15H,1-8H2,(H2,12,17). The maximum absolute atomic E-state index is 12.3. The predicted octanol–water partition coefficient (Wildman–Crippen LogP) is -0.811. The van der Waals surface area contributed by atoms with Gasteiger partial charge in [0.05, 0.1) is 17.0 Å². The number of carbonyl (C=O) groups excluding carboxylic acids is 1. The highest BCUT2D eigenvalue weighted by molar-refractivity contribution is 7.80. The molecule has 2 rings (SSSR count). The number of nitrogens with two attached hydrogens (primary N) is 1. The van der Waals surface area contributed by atoms with E-state index in [-0.39, 0.29) is 12.5 Å². The molecule has 5 nitrogen and oxygen atoms in total. The third kappa shape index (κ3) is 2.43. The van der Waals surface area contributed by atoms with Crippen LogP contribution < -0.4 is 5.73 Å². The Morgan fingerprint density at radius 3 is 2.29 bits per heavy atom. The molecular weight excluding hydrogens is 238 g/mol. The van der Waals surface area contributed by atoms with E-state index < -0.39 is 5.41 Å². The molecule has 0 aromatic carbocycles. The molecule has 0 aromatic rings. The first-order valence-electron chi connectivity index (χ1n) is 6.03. The number of aliphatic hydroxyl groups excluding tert-OH is 1. The lowest BCUT2D eigenvalue weighted by molar-refractivity contribution is -0.136. The number of carbonyl (C=O) groups is 1. The number of thiocarbonyl (C=S) groups is 1.